The third kappa shape index (κ3) is 13.5. The van der Waals surface area contributed by atoms with Crippen molar-refractivity contribution in [2.75, 3.05) is 0 Å². The van der Waals surface area contributed by atoms with Crippen LogP contribution in [-0.2, 0) is 13.6 Å². The topological polar surface area (TPSA) is 76.0 Å². The molecule has 1 saturated carbocycles. The number of aliphatic hydroxyl groups is 1. The molecule has 1 rings (SSSR count). The molecule has 5 nitrogen and oxygen atoms in total. The third-order valence-electron chi connectivity index (χ3n) is 9.41. The van der Waals surface area contributed by atoms with Crippen LogP contribution in [0.5, 0.6) is 0 Å². The van der Waals surface area contributed by atoms with Gasteiger partial charge in [0.15, 0.2) is 16.6 Å². The first-order valence-electron chi connectivity index (χ1n) is 16.1. The maximum absolute atomic E-state index is 11.1. The molecule has 0 unspecified atom stereocenters. The van der Waals surface area contributed by atoms with Gasteiger partial charge in [-0.15, -0.1) is 0 Å². The van der Waals surface area contributed by atoms with Gasteiger partial charge in [-0.2, -0.15) is 0 Å². The first-order chi connectivity index (χ1) is 18.8. The van der Waals surface area contributed by atoms with E-state index in [-0.39, 0.29) is 40.5 Å². The number of carboxylic acids is 1. The highest BCUT2D eigenvalue weighted by molar-refractivity contribution is 6.74. The summed E-state index contributed by atoms with van der Waals surface area (Å²) in [5.74, 6) is -0.405. The second-order valence-electron chi connectivity index (χ2n) is 15.1. The fraction of sp³-hybridized carbons (Fsp3) is 0.794. The first-order valence-corrected chi connectivity index (χ1v) is 21.9. The molecule has 238 valence electrons. The summed E-state index contributed by atoms with van der Waals surface area (Å²) in [7, 11) is -4.23. The summed E-state index contributed by atoms with van der Waals surface area (Å²) in [6.45, 7) is 25.2. The second-order valence-corrected chi connectivity index (χ2v) is 24.6. The van der Waals surface area contributed by atoms with E-state index in [0.29, 0.717) is 12.8 Å². The van der Waals surface area contributed by atoms with Crippen LogP contribution in [-0.4, -0.2) is 51.1 Å². The number of allylic oxidation sites excluding steroid dienone is 4. The Balaban J connectivity index is 3.22. The Bertz CT molecular complexity index is 863. The maximum Gasteiger partial charge on any atom is 0.303 e. The molecule has 0 heterocycles. The van der Waals surface area contributed by atoms with E-state index >= 15 is 0 Å². The number of aliphatic carboxylic acids is 1. The van der Waals surface area contributed by atoms with E-state index in [1.54, 1.807) is 0 Å². The predicted molar refractivity (Wildman–Crippen MR) is 179 cm³/mol. The summed E-state index contributed by atoms with van der Waals surface area (Å²) in [6.07, 6.45) is 20.0. The van der Waals surface area contributed by atoms with Gasteiger partial charge in [0.25, 0.3) is 0 Å². The van der Waals surface area contributed by atoms with Crippen molar-refractivity contribution >= 4 is 22.6 Å². The molecule has 7 heteroatoms. The number of carboxylic acid groups (broad SMARTS) is 1. The van der Waals surface area contributed by atoms with Crippen LogP contribution in [0.1, 0.15) is 106 Å². The summed E-state index contributed by atoms with van der Waals surface area (Å²) in [4.78, 5) is 10.8. The van der Waals surface area contributed by atoms with E-state index in [0.717, 1.165) is 19.3 Å². The molecule has 0 aromatic rings. The van der Waals surface area contributed by atoms with Crippen molar-refractivity contribution in [2.45, 2.75) is 161 Å². The van der Waals surface area contributed by atoms with Crippen LogP contribution in [0.2, 0.25) is 36.3 Å². The quantitative estimate of drug-likeness (QED) is 0.0867. The third-order valence-corrected chi connectivity index (χ3v) is 18.4. The lowest BCUT2D eigenvalue weighted by Gasteiger charge is -2.45. The fourth-order valence-electron chi connectivity index (χ4n) is 4.46. The summed E-state index contributed by atoms with van der Waals surface area (Å²) < 4.78 is 14.3. The number of unbranched alkanes of at least 4 members (excludes halogenated alkanes) is 3. The summed E-state index contributed by atoms with van der Waals surface area (Å²) >= 11 is 0. The minimum atomic E-state index is -2.12. The number of carbonyl (C=O) groups is 1. The Hall–Kier alpha value is -0.996. The van der Waals surface area contributed by atoms with Gasteiger partial charge in [0.2, 0.25) is 0 Å². The molecule has 1 fully saturated rings. The molecule has 2 N–H and O–H groups in total. The van der Waals surface area contributed by atoms with E-state index in [4.69, 9.17) is 14.0 Å². The van der Waals surface area contributed by atoms with Crippen LogP contribution in [0.15, 0.2) is 36.5 Å². The molecule has 0 bridgehead atoms. The maximum atomic E-state index is 11.1. The van der Waals surface area contributed by atoms with E-state index < -0.39 is 28.7 Å². The molecule has 0 radical (unpaired) electrons. The van der Waals surface area contributed by atoms with Gasteiger partial charge < -0.3 is 19.1 Å². The van der Waals surface area contributed by atoms with Crippen LogP contribution in [0.25, 0.3) is 0 Å². The smallest absolute Gasteiger partial charge is 0.303 e. The molecule has 5 atom stereocenters. The molecular formula is C34H64O5Si2. The van der Waals surface area contributed by atoms with Gasteiger partial charge in [-0.25, -0.2) is 0 Å². The van der Waals surface area contributed by atoms with Crippen LogP contribution < -0.4 is 0 Å². The molecule has 0 saturated heterocycles. The first kappa shape index (κ1) is 38.0. The van der Waals surface area contributed by atoms with E-state index in [1.807, 2.05) is 12.2 Å². The molecule has 0 aromatic heterocycles. The van der Waals surface area contributed by atoms with Gasteiger partial charge in [0.1, 0.15) is 0 Å². The second kappa shape index (κ2) is 16.7. The van der Waals surface area contributed by atoms with Crippen molar-refractivity contribution in [3.8, 4) is 0 Å². The molecule has 0 amide bonds. The number of rotatable bonds is 19. The van der Waals surface area contributed by atoms with Gasteiger partial charge in [-0.1, -0.05) is 97.8 Å². The van der Waals surface area contributed by atoms with Crippen molar-refractivity contribution < 1.29 is 23.9 Å². The minimum Gasteiger partial charge on any atom is -0.481 e. The Kier molecular flexibility index (Phi) is 15.5. The van der Waals surface area contributed by atoms with Crippen molar-refractivity contribution in [1.29, 1.82) is 0 Å². The van der Waals surface area contributed by atoms with Crippen LogP contribution >= 0.6 is 0 Å². The van der Waals surface area contributed by atoms with Crippen molar-refractivity contribution in [1.82, 2.24) is 0 Å². The van der Waals surface area contributed by atoms with Crippen molar-refractivity contribution in [3.05, 3.63) is 36.5 Å². The number of hydrogen-bond acceptors (Lipinski definition) is 4. The van der Waals surface area contributed by atoms with Gasteiger partial charge in [-0.3, -0.25) is 4.79 Å². The monoisotopic (exact) mass is 608 g/mol. The Morgan fingerprint density at radius 3 is 2.00 bits per heavy atom. The van der Waals surface area contributed by atoms with Crippen molar-refractivity contribution in [2.24, 2.45) is 11.8 Å². The fourth-order valence-corrected chi connectivity index (χ4v) is 7.05. The SMILES string of the molecule is CCCCC/C=C\C/C=C/[C@@H](O[Si](C)(C)C(C)(C)C)[C@H](O[Si](C)(C)C(C)(C)C)[C@@H]1C[C@H]1[C@H](O)C/C=C\CCC(=O)O. The number of hydrogen-bond donors (Lipinski definition) is 2. The molecule has 0 aromatic carbocycles. The van der Waals surface area contributed by atoms with Gasteiger partial charge in [0.05, 0.1) is 18.3 Å². The minimum absolute atomic E-state index is 0.0631. The highest BCUT2D eigenvalue weighted by Gasteiger charge is 2.53. The molecule has 41 heavy (non-hydrogen) atoms. The molecule has 0 aliphatic heterocycles. The lowest BCUT2D eigenvalue weighted by molar-refractivity contribution is -0.136. The predicted octanol–water partition coefficient (Wildman–Crippen LogP) is 9.66. The number of aliphatic hydroxyl groups excluding tert-OH is 1. The zero-order chi connectivity index (χ0) is 31.5. The van der Waals surface area contributed by atoms with Gasteiger partial charge >= 0.3 is 5.97 Å². The van der Waals surface area contributed by atoms with Crippen LogP contribution in [0.3, 0.4) is 0 Å². The molecule has 1 aliphatic carbocycles. The normalized spacial score (nSPS) is 21.2. The van der Waals surface area contributed by atoms with Gasteiger partial charge in [0, 0.05) is 6.42 Å². The standard InChI is InChI=1S/C34H64O5Si2/c1-12-13-14-15-16-17-18-21-24-30(38-40(8,9)33(2,3)4)32(39-41(10,11)34(5,6)7)28-26-27(28)29(35)23-20-19-22-25-31(36)37/h16-17,19-21,24,27-30,32,35H,12-15,18,22-23,25-26H2,1-11H3,(H,36,37)/b17-16-,20-19-,24-21+/t27-,28-,29-,30-,32-/m1/s1. The Morgan fingerprint density at radius 1 is 0.854 bits per heavy atom. The van der Waals surface area contributed by atoms with E-state index in [2.05, 4.69) is 99.0 Å². The van der Waals surface area contributed by atoms with Crippen molar-refractivity contribution in [3.63, 3.8) is 0 Å². The largest absolute Gasteiger partial charge is 0.481 e. The van der Waals surface area contributed by atoms with Crippen LogP contribution in [0, 0.1) is 11.8 Å². The summed E-state index contributed by atoms with van der Waals surface area (Å²) in [6, 6.07) is 0. The molecular weight excluding hydrogens is 545 g/mol. The highest BCUT2D eigenvalue weighted by atomic mass is 28.4. The zero-order valence-electron chi connectivity index (χ0n) is 28.3. The average molecular weight is 609 g/mol. The van der Waals surface area contributed by atoms with Gasteiger partial charge in [-0.05, 0) is 86.6 Å². The van der Waals surface area contributed by atoms with Crippen LogP contribution in [0.4, 0.5) is 0 Å². The lowest BCUT2D eigenvalue weighted by atomic mass is 10.0. The van der Waals surface area contributed by atoms with E-state index in [9.17, 15) is 9.90 Å². The summed E-state index contributed by atoms with van der Waals surface area (Å²) in [5.41, 5.74) is 0. The molecule has 1 aliphatic rings. The highest BCUT2D eigenvalue weighted by Crippen LogP contribution is 2.50. The average Bonchev–Trinajstić information content (AvgIpc) is 3.62. The summed E-state index contributed by atoms with van der Waals surface area (Å²) in [5, 5.41) is 20.1. The zero-order valence-corrected chi connectivity index (χ0v) is 30.3. The van der Waals surface area contributed by atoms with E-state index in [1.165, 1.54) is 19.3 Å². The Labute approximate surface area is 255 Å². The Morgan fingerprint density at radius 2 is 1.44 bits per heavy atom. The molecule has 0 spiro atoms. The lowest BCUT2D eigenvalue weighted by Crippen LogP contribution is -2.52.